The molecule has 1 saturated carbocycles. The van der Waals surface area contributed by atoms with Crippen LogP contribution in [0.4, 0.5) is 0 Å². The van der Waals surface area contributed by atoms with Gasteiger partial charge in [0.05, 0.1) is 6.67 Å². The molecule has 7 heteroatoms. The molecule has 124 valence electrons. The first kappa shape index (κ1) is 16.1. The number of aliphatic hydroxyl groups excluding tert-OH is 1. The molecule has 0 atom stereocenters. The second-order valence-corrected chi connectivity index (χ2v) is 6.88. The van der Waals surface area contributed by atoms with Crippen molar-refractivity contribution in [3.63, 3.8) is 0 Å². The molecule has 1 saturated heterocycles. The van der Waals surface area contributed by atoms with Crippen LogP contribution in [0, 0.1) is 10.7 Å². The second kappa shape index (κ2) is 7.21. The zero-order chi connectivity index (χ0) is 15.5. The molecule has 1 aromatic heterocycles. The normalized spacial score (nSPS) is 20.6. The fourth-order valence-corrected chi connectivity index (χ4v) is 3.41. The minimum Gasteiger partial charge on any atom is -0.388 e. The van der Waals surface area contributed by atoms with Gasteiger partial charge in [-0.2, -0.15) is 5.10 Å². The molecule has 1 aromatic rings. The van der Waals surface area contributed by atoms with Crippen molar-refractivity contribution in [1.29, 1.82) is 0 Å². The SMILES string of the molecule is CCCn1c(CO)nn(CN2CCN(CC3CC3)CC2)c1=S. The van der Waals surface area contributed by atoms with Gasteiger partial charge >= 0.3 is 0 Å². The molecule has 22 heavy (non-hydrogen) atoms. The number of aliphatic hydroxyl groups is 1. The number of hydrogen-bond acceptors (Lipinski definition) is 5. The van der Waals surface area contributed by atoms with Gasteiger partial charge in [0.25, 0.3) is 0 Å². The van der Waals surface area contributed by atoms with Crippen LogP contribution in [0.5, 0.6) is 0 Å². The van der Waals surface area contributed by atoms with Gasteiger partial charge in [0, 0.05) is 39.3 Å². The number of nitrogens with zero attached hydrogens (tertiary/aromatic N) is 5. The molecule has 0 unspecified atom stereocenters. The van der Waals surface area contributed by atoms with Gasteiger partial charge in [-0.05, 0) is 37.4 Å². The second-order valence-electron chi connectivity index (χ2n) is 6.51. The van der Waals surface area contributed by atoms with E-state index in [1.165, 1.54) is 19.4 Å². The highest BCUT2D eigenvalue weighted by Gasteiger charge is 2.26. The Morgan fingerprint density at radius 1 is 1.18 bits per heavy atom. The summed E-state index contributed by atoms with van der Waals surface area (Å²) in [6.07, 6.45) is 3.84. The van der Waals surface area contributed by atoms with E-state index in [-0.39, 0.29) is 6.61 Å². The standard InChI is InChI=1S/C15H27N5OS/c1-2-5-19-14(11-21)16-20(15(19)22)12-18-8-6-17(7-9-18)10-13-3-4-13/h13,21H,2-12H2,1H3. The third kappa shape index (κ3) is 3.76. The first-order valence-corrected chi connectivity index (χ1v) is 8.84. The maximum Gasteiger partial charge on any atom is 0.199 e. The van der Waals surface area contributed by atoms with Crippen LogP contribution in [0.1, 0.15) is 32.0 Å². The molecule has 0 spiro atoms. The Morgan fingerprint density at radius 2 is 1.86 bits per heavy atom. The quantitative estimate of drug-likeness (QED) is 0.766. The van der Waals surface area contributed by atoms with E-state index in [0.29, 0.717) is 5.82 Å². The number of aromatic nitrogens is 3. The van der Waals surface area contributed by atoms with Gasteiger partial charge in [0.2, 0.25) is 0 Å². The summed E-state index contributed by atoms with van der Waals surface area (Å²) in [5, 5.41) is 13.9. The maximum absolute atomic E-state index is 9.45. The van der Waals surface area contributed by atoms with Crippen molar-refractivity contribution in [2.75, 3.05) is 32.7 Å². The van der Waals surface area contributed by atoms with Crippen LogP contribution in [-0.2, 0) is 19.8 Å². The number of piperazine rings is 1. The molecular weight excluding hydrogens is 298 g/mol. The average Bonchev–Trinajstić information content (AvgIpc) is 3.29. The van der Waals surface area contributed by atoms with Crippen LogP contribution in [-0.4, -0.2) is 62.0 Å². The predicted octanol–water partition coefficient (Wildman–Crippen LogP) is 1.30. The minimum absolute atomic E-state index is 0.0498. The highest BCUT2D eigenvalue weighted by molar-refractivity contribution is 7.71. The van der Waals surface area contributed by atoms with E-state index in [0.717, 1.165) is 56.5 Å². The molecule has 1 aliphatic heterocycles. The zero-order valence-corrected chi connectivity index (χ0v) is 14.3. The Labute approximate surface area is 137 Å². The number of hydrogen-bond donors (Lipinski definition) is 1. The largest absolute Gasteiger partial charge is 0.388 e. The lowest BCUT2D eigenvalue weighted by Crippen LogP contribution is -2.47. The summed E-state index contributed by atoms with van der Waals surface area (Å²) in [5.74, 6) is 1.65. The van der Waals surface area contributed by atoms with Gasteiger partial charge in [-0.25, -0.2) is 4.68 Å². The highest BCUT2D eigenvalue weighted by atomic mass is 32.1. The molecule has 6 nitrogen and oxygen atoms in total. The van der Waals surface area contributed by atoms with Gasteiger partial charge in [0.15, 0.2) is 10.6 Å². The summed E-state index contributed by atoms with van der Waals surface area (Å²) in [6, 6.07) is 0. The molecule has 1 aliphatic carbocycles. The van der Waals surface area contributed by atoms with Crippen molar-refractivity contribution in [3.05, 3.63) is 10.6 Å². The maximum atomic E-state index is 9.45. The zero-order valence-electron chi connectivity index (χ0n) is 13.4. The summed E-state index contributed by atoms with van der Waals surface area (Å²) >= 11 is 5.52. The van der Waals surface area contributed by atoms with Gasteiger partial charge in [0.1, 0.15) is 6.61 Å². The Hall–Kier alpha value is -0.760. The molecule has 0 amide bonds. The van der Waals surface area contributed by atoms with Gasteiger partial charge in [-0.15, -0.1) is 0 Å². The summed E-state index contributed by atoms with van der Waals surface area (Å²) in [7, 11) is 0. The fourth-order valence-electron chi connectivity index (χ4n) is 3.11. The molecule has 0 bridgehead atoms. The molecule has 0 radical (unpaired) electrons. The van der Waals surface area contributed by atoms with E-state index < -0.39 is 0 Å². The third-order valence-electron chi connectivity index (χ3n) is 4.60. The number of rotatable bonds is 7. The van der Waals surface area contributed by atoms with Crippen LogP contribution < -0.4 is 0 Å². The van der Waals surface area contributed by atoms with Crippen molar-refractivity contribution in [2.45, 2.75) is 46.0 Å². The van der Waals surface area contributed by atoms with Crippen molar-refractivity contribution >= 4 is 12.2 Å². The van der Waals surface area contributed by atoms with Gasteiger partial charge < -0.3 is 14.6 Å². The summed E-state index contributed by atoms with van der Waals surface area (Å²) in [6.45, 7) is 9.34. The summed E-state index contributed by atoms with van der Waals surface area (Å²) in [5.41, 5.74) is 0. The smallest absolute Gasteiger partial charge is 0.199 e. The molecule has 0 aromatic carbocycles. The van der Waals surface area contributed by atoms with Gasteiger partial charge in [-0.1, -0.05) is 6.92 Å². The van der Waals surface area contributed by atoms with Crippen LogP contribution in [0.3, 0.4) is 0 Å². The Kier molecular flexibility index (Phi) is 5.28. The molecular formula is C15H27N5OS. The topological polar surface area (TPSA) is 49.5 Å². The molecule has 2 aliphatic rings. The highest BCUT2D eigenvalue weighted by Crippen LogP contribution is 2.29. The minimum atomic E-state index is -0.0498. The lowest BCUT2D eigenvalue weighted by atomic mass is 10.3. The Bertz CT molecular complexity index is 543. The third-order valence-corrected chi connectivity index (χ3v) is 5.03. The molecule has 1 N–H and O–H groups in total. The van der Waals surface area contributed by atoms with E-state index in [4.69, 9.17) is 12.2 Å². The van der Waals surface area contributed by atoms with E-state index in [2.05, 4.69) is 21.8 Å². The van der Waals surface area contributed by atoms with Gasteiger partial charge in [-0.3, -0.25) is 4.90 Å². The van der Waals surface area contributed by atoms with E-state index in [1.54, 1.807) is 0 Å². The van der Waals surface area contributed by atoms with Crippen LogP contribution >= 0.6 is 12.2 Å². The van der Waals surface area contributed by atoms with E-state index >= 15 is 0 Å². The predicted molar refractivity (Wildman–Crippen MR) is 88.0 cm³/mol. The lowest BCUT2D eigenvalue weighted by molar-refractivity contribution is 0.0991. The fraction of sp³-hybridized carbons (Fsp3) is 0.867. The van der Waals surface area contributed by atoms with E-state index in [9.17, 15) is 5.11 Å². The van der Waals surface area contributed by atoms with Crippen molar-refractivity contribution in [2.24, 2.45) is 5.92 Å². The average molecular weight is 325 g/mol. The first-order valence-electron chi connectivity index (χ1n) is 8.43. The van der Waals surface area contributed by atoms with Crippen LogP contribution in [0.2, 0.25) is 0 Å². The van der Waals surface area contributed by atoms with Crippen molar-refractivity contribution in [1.82, 2.24) is 24.1 Å². The Morgan fingerprint density at radius 3 is 2.45 bits per heavy atom. The van der Waals surface area contributed by atoms with Crippen LogP contribution in [0.25, 0.3) is 0 Å². The van der Waals surface area contributed by atoms with E-state index in [1.807, 2.05) is 9.25 Å². The Balaban J connectivity index is 1.58. The lowest BCUT2D eigenvalue weighted by Gasteiger charge is -2.34. The summed E-state index contributed by atoms with van der Waals surface area (Å²) in [4.78, 5) is 4.99. The first-order chi connectivity index (χ1) is 10.7. The molecule has 2 heterocycles. The summed E-state index contributed by atoms with van der Waals surface area (Å²) < 4.78 is 4.55. The van der Waals surface area contributed by atoms with Crippen molar-refractivity contribution < 1.29 is 5.11 Å². The van der Waals surface area contributed by atoms with Crippen LogP contribution in [0.15, 0.2) is 0 Å². The molecule has 2 fully saturated rings. The molecule has 3 rings (SSSR count). The van der Waals surface area contributed by atoms with Crippen molar-refractivity contribution in [3.8, 4) is 0 Å². The monoisotopic (exact) mass is 325 g/mol.